The van der Waals surface area contributed by atoms with E-state index >= 15 is 0 Å². The first-order chi connectivity index (χ1) is 11.8. The molecule has 1 aliphatic heterocycles. The number of likely N-dealkylation sites (tertiary alicyclic amines) is 1. The van der Waals surface area contributed by atoms with Gasteiger partial charge in [-0.15, -0.1) is 11.3 Å². The minimum Gasteiger partial charge on any atom is -0.462 e. The van der Waals surface area contributed by atoms with Crippen molar-refractivity contribution in [2.24, 2.45) is 0 Å². The smallest absolute Gasteiger partial charge is 0.228 e. The van der Waals surface area contributed by atoms with Crippen LogP contribution in [0.3, 0.4) is 0 Å². The molecule has 0 unspecified atom stereocenters. The Hall–Kier alpha value is -2.41. The van der Waals surface area contributed by atoms with E-state index in [0.29, 0.717) is 6.42 Å². The summed E-state index contributed by atoms with van der Waals surface area (Å²) in [6.07, 6.45) is 7.78. The molecule has 0 aliphatic carbocycles. The van der Waals surface area contributed by atoms with Gasteiger partial charge in [0, 0.05) is 30.9 Å². The van der Waals surface area contributed by atoms with Crippen molar-refractivity contribution in [3.63, 3.8) is 0 Å². The molecule has 4 heterocycles. The maximum absolute atomic E-state index is 12.6. The lowest BCUT2D eigenvalue weighted by Gasteiger charge is -2.32. The fourth-order valence-corrected chi connectivity index (χ4v) is 3.85. The zero-order valence-corrected chi connectivity index (χ0v) is 14.0. The molecule has 1 fully saturated rings. The van der Waals surface area contributed by atoms with Gasteiger partial charge in [-0.3, -0.25) is 9.48 Å². The first-order valence-corrected chi connectivity index (χ1v) is 8.93. The molecule has 3 aromatic heterocycles. The number of furan rings is 1. The van der Waals surface area contributed by atoms with Gasteiger partial charge in [-0.2, -0.15) is 5.10 Å². The minimum absolute atomic E-state index is 0.128. The predicted octanol–water partition coefficient (Wildman–Crippen LogP) is 3.01. The summed E-state index contributed by atoms with van der Waals surface area (Å²) in [7, 11) is 0. The van der Waals surface area contributed by atoms with E-state index in [4.69, 9.17) is 4.42 Å². The summed E-state index contributed by atoms with van der Waals surface area (Å²) in [5, 5.41) is 7.06. The lowest BCUT2D eigenvalue weighted by atomic mass is 10.1. The lowest BCUT2D eigenvalue weighted by molar-refractivity contribution is -0.132. The van der Waals surface area contributed by atoms with Crippen molar-refractivity contribution >= 4 is 17.2 Å². The van der Waals surface area contributed by atoms with Gasteiger partial charge in [0.25, 0.3) is 0 Å². The molecule has 0 bridgehead atoms. The summed E-state index contributed by atoms with van der Waals surface area (Å²) >= 11 is 1.50. The Morgan fingerprint density at radius 3 is 3.17 bits per heavy atom. The number of thiazole rings is 1. The van der Waals surface area contributed by atoms with Crippen molar-refractivity contribution in [1.29, 1.82) is 0 Å². The Kier molecular flexibility index (Phi) is 4.17. The highest BCUT2D eigenvalue weighted by molar-refractivity contribution is 7.13. The number of nitrogens with zero attached hydrogens (tertiary/aromatic N) is 4. The average Bonchev–Trinajstić information content (AvgIpc) is 3.36. The number of hydrogen-bond donors (Lipinski definition) is 0. The van der Waals surface area contributed by atoms with Crippen LogP contribution in [0.4, 0.5) is 0 Å². The Morgan fingerprint density at radius 1 is 1.42 bits per heavy atom. The second kappa shape index (κ2) is 6.60. The summed E-state index contributed by atoms with van der Waals surface area (Å²) in [5.41, 5.74) is 0.803. The van der Waals surface area contributed by atoms with Crippen LogP contribution in [0, 0.1) is 0 Å². The van der Waals surface area contributed by atoms with Crippen LogP contribution in [0.1, 0.15) is 24.6 Å². The summed E-state index contributed by atoms with van der Waals surface area (Å²) < 4.78 is 7.31. The van der Waals surface area contributed by atoms with E-state index in [-0.39, 0.29) is 11.9 Å². The molecule has 3 aromatic rings. The van der Waals surface area contributed by atoms with Gasteiger partial charge >= 0.3 is 0 Å². The molecule has 0 saturated carbocycles. The van der Waals surface area contributed by atoms with Gasteiger partial charge in [-0.25, -0.2) is 4.98 Å². The van der Waals surface area contributed by atoms with E-state index in [9.17, 15) is 4.79 Å². The number of rotatable bonds is 4. The molecule has 0 radical (unpaired) electrons. The van der Waals surface area contributed by atoms with Gasteiger partial charge in [0.05, 0.1) is 24.4 Å². The van der Waals surface area contributed by atoms with E-state index in [2.05, 4.69) is 10.1 Å². The Balaban J connectivity index is 1.41. The van der Waals surface area contributed by atoms with Crippen molar-refractivity contribution in [2.45, 2.75) is 25.3 Å². The summed E-state index contributed by atoms with van der Waals surface area (Å²) in [4.78, 5) is 19.1. The highest BCUT2D eigenvalue weighted by Crippen LogP contribution is 2.25. The highest BCUT2D eigenvalue weighted by atomic mass is 32.1. The van der Waals surface area contributed by atoms with Gasteiger partial charge in [-0.1, -0.05) is 0 Å². The normalized spacial score (nSPS) is 18.0. The summed E-state index contributed by atoms with van der Waals surface area (Å²) in [6, 6.07) is 5.91. The molecule has 1 atom stereocenters. The summed E-state index contributed by atoms with van der Waals surface area (Å²) in [5.74, 6) is 0.874. The third-order valence-electron chi connectivity index (χ3n) is 4.26. The zero-order chi connectivity index (χ0) is 16.4. The maximum Gasteiger partial charge on any atom is 0.228 e. The van der Waals surface area contributed by atoms with Crippen LogP contribution in [0.15, 0.2) is 46.7 Å². The quantitative estimate of drug-likeness (QED) is 0.731. The Bertz CT molecular complexity index is 795. The first kappa shape index (κ1) is 15.1. The van der Waals surface area contributed by atoms with Crippen molar-refractivity contribution in [3.8, 4) is 10.8 Å². The van der Waals surface area contributed by atoms with Crippen LogP contribution in [0.5, 0.6) is 0 Å². The van der Waals surface area contributed by atoms with Crippen LogP contribution in [-0.4, -0.2) is 38.7 Å². The predicted molar refractivity (Wildman–Crippen MR) is 90.6 cm³/mol. The number of carbonyl (C=O) groups excluding carboxylic acids is 1. The first-order valence-electron chi connectivity index (χ1n) is 8.05. The molecule has 6 nitrogen and oxygen atoms in total. The van der Waals surface area contributed by atoms with Gasteiger partial charge in [-0.05, 0) is 31.0 Å². The van der Waals surface area contributed by atoms with Crippen molar-refractivity contribution in [2.75, 3.05) is 13.1 Å². The average molecular weight is 342 g/mol. The molecule has 0 N–H and O–H groups in total. The van der Waals surface area contributed by atoms with E-state index in [1.165, 1.54) is 11.3 Å². The zero-order valence-electron chi connectivity index (χ0n) is 13.2. The molecule has 1 saturated heterocycles. The van der Waals surface area contributed by atoms with Gasteiger partial charge in [0.2, 0.25) is 5.91 Å². The number of carbonyl (C=O) groups is 1. The molecule has 0 aromatic carbocycles. The molecule has 24 heavy (non-hydrogen) atoms. The molecule has 1 aliphatic rings. The largest absolute Gasteiger partial charge is 0.462 e. The second-order valence-electron chi connectivity index (χ2n) is 5.92. The van der Waals surface area contributed by atoms with Crippen LogP contribution >= 0.6 is 11.3 Å². The topological polar surface area (TPSA) is 64.2 Å². The molecule has 4 rings (SSSR count). The van der Waals surface area contributed by atoms with Crippen molar-refractivity contribution in [3.05, 3.63) is 47.9 Å². The number of piperidine rings is 1. The van der Waals surface area contributed by atoms with Crippen LogP contribution < -0.4 is 0 Å². The number of hydrogen-bond acceptors (Lipinski definition) is 5. The van der Waals surface area contributed by atoms with Gasteiger partial charge in [0.1, 0.15) is 0 Å². The van der Waals surface area contributed by atoms with E-state index in [1.807, 2.05) is 39.4 Å². The number of aromatic nitrogens is 3. The molecule has 7 heteroatoms. The van der Waals surface area contributed by atoms with Crippen LogP contribution in [0.25, 0.3) is 10.8 Å². The molecule has 124 valence electrons. The van der Waals surface area contributed by atoms with E-state index in [1.54, 1.807) is 12.5 Å². The van der Waals surface area contributed by atoms with Crippen molar-refractivity contribution in [1.82, 2.24) is 19.7 Å². The van der Waals surface area contributed by atoms with Crippen LogP contribution in [0.2, 0.25) is 0 Å². The second-order valence-corrected chi connectivity index (χ2v) is 6.78. The third kappa shape index (κ3) is 3.12. The number of amides is 1. The molecule has 1 amide bonds. The monoisotopic (exact) mass is 342 g/mol. The molecular formula is C17H18N4O2S. The highest BCUT2D eigenvalue weighted by Gasteiger charge is 2.25. The maximum atomic E-state index is 12.6. The van der Waals surface area contributed by atoms with Gasteiger partial charge in [0.15, 0.2) is 10.8 Å². The fourth-order valence-electron chi connectivity index (χ4n) is 3.06. The third-order valence-corrected chi connectivity index (χ3v) is 5.17. The summed E-state index contributed by atoms with van der Waals surface area (Å²) in [6.45, 7) is 1.53. The Morgan fingerprint density at radius 2 is 2.38 bits per heavy atom. The fraction of sp³-hybridized carbons (Fsp3) is 0.353. The standard InChI is InChI=1S/C17H18N4O2S/c22-16(10-13-12-24-17(19-13)15-5-2-9-23-15)20-7-1-4-14(11-20)21-8-3-6-18-21/h2-3,5-6,8-9,12,14H,1,4,7,10-11H2/t14-/m0/s1. The van der Waals surface area contributed by atoms with E-state index < -0.39 is 0 Å². The van der Waals surface area contributed by atoms with E-state index in [0.717, 1.165) is 42.4 Å². The minimum atomic E-state index is 0.128. The van der Waals surface area contributed by atoms with Crippen molar-refractivity contribution < 1.29 is 9.21 Å². The molecular weight excluding hydrogens is 324 g/mol. The van der Waals surface area contributed by atoms with Crippen LogP contribution in [-0.2, 0) is 11.2 Å². The van der Waals surface area contributed by atoms with Gasteiger partial charge < -0.3 is 9.32 Å². The SMILES string of the molecule is O=C(Cc1csc(-c2ccco2)n1)N1CCC[C@H](n2cccn2)C1. The lowest BCUT2D eigenvalue weighted by Crippen LogP contribution is -2.41. The molecule has 0 spiro atoms. The Labute approximate surface area is 143 Å².